The van der Waals surface area contributed by atoms with Gasteiger partial charge in [-0.05, 0) is 71.6 Å². The van der Waals surface area contributed by atoms with E-state index in [-0.39, 0.29) is 5.91 Å². The molecule has 0 spiro atoms. The summed E-state index contributed by atoms with van der Waals surface area (Å²) in [4.78, 5) is 17.0. The predicted octanol–water partition coefficient (Wildman–Crippen LogP) is 6.67. The molecule has 1 amide bonds. The zero-order valence-corrected chi connectivity index (χ0v) is 18.1. The molecular formula is C27H22F3N3O. The first-order valence-electron chi connectivity index (χ1n) is 10.7. The third kappa shape index (κ3) is 5.81. The summed E-state index contributed by atoms with van der Waals surface area (Å²) >= 11 is 0. The first kappa shape index (κ1) is 23.0. The molecule has 7 heteroatoms. The lowest BCUT2D eigenvalue weighted by atomic mass is 9.98. The lowest BCUT2D eigenvalue weighted by Crippen LogP contribution is -2.13. The molecular weight excluding hydrogens is 439 g/mol. The number of carbonyl (C=O) groups is 1. The van der Waals surface area contributed by atoms with Gasteiger partial charge in [0.25, 0.3) is 5.91 Å². The Morgan fingerprint density at radius 1 is 0.824 bits per heavy atom. The number of amides is 1. The fraction of sp³-hybridized carbons (Fsp3) is 0.111. The molecule has 0 saturated heterocycles. The van der Waals surface area contributed by atoms with E-state index in [1.807, 2.05) is 30.5 Å². The summed E-state index contributed by atoms with van der Waals surface area (Å²) < 4.78 is 38.6. The van der Waals surface area contributed by atoms with E-state index in [4.69, 9.17) is 0 Å². The average Bonchev–Trinajstić information content (AvgIpc) is 2.85. The van der Waals surface area contributed by atoms with Crippen molar-refractivity contribution < 1.29 is 18.0 Å². The summed E-state index contributed by atoms with van der Waals surface area (Å²) in [5, 5.41) is 6.19. The Labute approximate surface area is 195 Å². The summed E-state index contributed by atoms with van der Waals surface area (Å²) in [7, 11) is 0. The Kier molecular flexibility index (Phi) is 6.92. The van der Waals surface area contributed by atoms with E-state index in [2.05, 4.69) is 15.6 Å². The highest BCUT2D eigenvalue weighted by Crippen LogP contribution is 2.32. The summed E-state index contributed by atoms with van der Waals surface area (Å²) in [6, 6.07) is 22.9. The van der Waals surface area contributed by atoms with Crippen LogP contribution in [0, 0.1) is 0 Å². The number of anilines is 2. The van der Waals surface area contributed by atoms with Gasteiger partial charge in [0.15, 0.2) is 0 Å². The highest BCUT2D eigenvalue weighted by atomic mass is 19.4. The normalized spacial score (nSPS) is 11.1. The molecule has 0 radical (unpaired) electrons. The second-order valence-electron chi connectivity index (χ2n) is 7.69. The largest absolute Gasteiger partial charge is 0.416 e. The SMILES string of the molecule is O=C(Nc1ccc(NCCc2cccnc2)cc1)c1ccccc1-c1ccc(C(F)(F)F)cc1. The number of carbonyl (C=O) groups excluding carboxylic acids is 1. The van der Waals surface area contributed by atoms with Gasteiger partial charge in [0, 0.05) is 35.9 Å². The van der Waals surface area contributed by atoms with Gasteiger partial charge in [0.1, 0.15) is 0 Å². The number of halogens is 3. The van der Waals surface area contributed by atoms with Crippen molar-refractivity contribution in [2.45, 2.75) is 12.6 Å². The Morgan fingerprint density at radius 2 is 1.53 bits per heavy atom. The van der Waals surface area contributed by atoms with Gasteiger partial charge in [0.2, 0.25) is 0 Å². The minimum atomic E-state index is -4.41. The van der Waals surface area contributed by atoms with E-state index in [9.17, 15) is 18.0 Å². The van der Waals surface area contributed by atoms with Crippen molar-refractivity contribution in [2.75, 3.05) is 17.2 Å². The molecule has 4 rings (SSSR count). The number of hydrogen-bond donors (Lipinski definition) is 2. The number of hydrogen-bond acceptors (Lipinski definition) is 3. The number of aromatic nitrogens is 1. The number of alkyl halides is 3. The molecule has 0 unspecified atom stereocenters. The monoisotopic (exact) mass is 461 g/mol. The van der Waals surface area contributed by atoms with Crippen molar-refractivity contribution in [1.29, 1.82) is 0 Å². The summed E-state index contributed by atoms with van der Waals surface area (Å²) in [6.45, 7) is 0.748. The molecule has 34 heavy (non-hydrogen) atoms. The van der Waals surface area contributed by atoms with E-state index in [0.29, 0.717) is 22.4 Å². The quantitative estimate of drug-likeness (QED) is 0.323. The zero-order chi connectivity index (χ0) is 24.0. The highest BCUT2D eigenvalue weighted by molar-refractivity contribution is 6.08. The lowest BCUT2D eigenvalue weighted by Gasteiger charge is -2.12. The first-order valence-corrected chi connectivity index (χ1v) is 10.7. The molecule has 172 valence electrons. The molecule has 2 N–H and O–H groups in total. The molecule has 0 aliphatic carbocycles. The molecule has 0 fully saturated rings. The van der Waals surface area contributed by atoms with Crippen LogP contribution in [0.15, 0.2) is 97.3 Å². The van der Waals surface area contributed by atoms with Crippen LogP contribution in [0.4, 0.5) is 24.5 Å². The van der Waals surface area contributed by atoms with Gasteiger partial charge in [-0.1, -0.05) is 36.4 Å². The van der Waals surface area contributed by atoms with Gasteiger partial charge in [-0.3, -0.25) is 9.78 Å². The Balaban J connectivity index is 1.41. The number of rotatable bonds is 7. The fourth-order valence-electron chi connectivity index (χ4n) is 3.54. The van der Waals surface area contributed by atoms with E-state index < -0.39 is 11.7 Å². The number of benzene rings is 3. The minimum absolute atomic E-state index is 0.340. The Morgan fingerprint density at radius 3 is 2.21 bits per heavy atom. The van der Waals surface area contributed by atoms with Crippen LogP contribution in [0.1, 0.15) is 21.5 Å². The van der Waals surface area contributed by atoms with E-state index >= 15 is 0 Å². The van der Waals surface area contributed by atoms with Crippen LogP contribution in [-0.4, -0.2) is 17.4 Å². The van der Waals surface area contributed by atoms with Crippen molar-refractivity contribution in [3.63, 3.8) is 0 Å². The van der Waals surface area contributed by atoms with Crippen molar-refractivity contribution in [2.24, 2.45) is 0 Å². The maximum absolute atomic E-state index is 12.9. The van der Waals surface area contributed by atoms with Crippen molar-refractivity contribution in [1.82, 2.24) is 4.98 Å². The van der Waals surface area contributed by atoms with Gasteiger partial charge in [-0.25, -0.2) is 0 Å². The molecule has 0 aliphatic heterocycles. The predicted molar refractivity (Wildman–Crippen MR) is 128 cm³/mol. The van der Waals surface area contributed by atoms with Gasteiger partial charge < -0.3 is 10.6 Å². The average molecular weight is 461 g/mol. The Bertz CT molecular complexity index is 1240. The number of nitrogens with one attached hydrogen (secondary N) is 2. The number of pyridine rings is 1. The van der Waals surface area contributed by atoms with E-state index in [1.54, 1.807) is 42.6 Å². The van der Waals surface area contributed by atoms with Crippen LogP contribution in [0.2, 0.25) is 0 Å². The minimum Gasteiger partial charge on any atom is -0.385 e. The first-order chi connectivity index (χ1) is 16.4. The van der Waals surface area contributed by atoms with Gasteiger partial charge in [-0.2, -0.15) is 13.2 Å². The van der Waals surface area contributed by atoms with E-state index in [1.165, 1.54) is 12.1 Å². The zero-order valence-electron chi connectivity index (χ0n) is 18.1. The molecule has 0 atom stereocenters. The summed E-state index contributed by atoms with van der Waals surface area (Å²) in [5.74, 6) is -0.340. The maximum atomic E-state index is 12.9. The fourth-order valence-corrected chi connectivity index (χ4v) is 3.54. The summed E-state index contributed by atoms with van der Waals surface area (Å²) in [6.07, 6.45) is 0.0109. The van der Waals surface area contributed by atoms with Crippen LogP contribution < -0.4 is 10.6 Å². The van der Waals surface area contributed by atoms with Gasteiger partial charge in [0.05, 0.1) is 5.56 Å². The third-order valence-corrected chi connectivity index (χ3v) is 5.30. The second-order valence-corrected chi connectivity index (χ2v) is 7.69. The van der Waals surface area contributed by atoms with Gasteiger partial charge in [-0.15, -0.1) is 0 Å². The lowest BCUT2D eigenvalue weighted by molar-refractivity contribution is -0.137. The smallest absolute Gasteiger partial charge is 0.385 e. The van der Waals surface area contributed by atoms with Crippen molar-refractivity contribution in [3.8, 4) is 11.1 Å². The topological polar surface area (TPSA) is 54.0 Å². The molecule has 4 aromatic rings. The molecule has 0 bridgehead atoms. The number of nitrogens with zero attached hydrogens (tertiary/aromatic N) is 1. The van der Waals surface area contributed by atoms with Gasteiger partial charge >= 0.3 is 6.18 Å². The van der Waals surface area contributed by atoms with E-state index in [0.717, 1.165) is 36.3 Å². The molecule has 0 saturated carbocycles. The molecule has 1 aromatic heterocycles. The second kappa shape index (κ2) is 10.2. The van der Waals surface area contributed by atoms with Crippen molar-refractivity contribution >= 4 is 17.3 Å². The Hall–Kier alpha value is -4.13. The third-order valence-electron chi connectivity index (χ3n) is 5.30. The van der Waals surface area contributed by atoms with Crippen LogP contribution in [-0.2, 0) is 12.6 Å². The van der Waals surface area contributed by atoms with Crippen LogP contribution in [0.3, 0.4) is 0 Å². The molecule has 0 aliphatic rings. The highest BCUT2D eigenvalue weighted by Gasteiger charge is 2.30. The molecule has 3 aromatic carbocycles. The maximum Gasteiger partial charge on any atom is 0.416 e. The summed E-state index contributed by atoms with van der Waals surface area (Å²) in [5.41, 5.74) is 3.42. The van der Waals surface area contributed by atoms with Crippen LogP contribution in [0.25, 0.3) is 11.1 Å². The van der Waals surface area contributed by atoms with Crippen molar-refractivity contribution in [3.05, 3.63) is 114 Å². The van der Waals surface area contributed by atoms with Crippen LogP contribution >= 0.6 is 0 Å². The van der Waals surface area contributed by atoms with Crippen LogP contribution in [0.5, 0.6) is 0 Å². The molecule has 1 heterocycles. The standard InChI is InChI=1S/C27H22F3N3O/c28-27(29,30)21-9-7-20(8-10-21)24-5-1-2-6-25(24)26(34)33-23-13-11-22(12-14-23)32-17-15-19-4-3-16-31-18-19/h1-14,16,18,32H,15,17H2,(H,33,34). The molecule has 4 nitrogen and oxygen atoms in total.